The average Bonchev–Trinajstić information content (AvgIpc) is 2.47. The number of rotatable bonds is 5. The van der Waals surface area contributed by atoms with E-state index in [1.807, 2.05) is 31.2 Å². The summed E-state index contributed by atoms with van der Waals surface area (Å²) >= 11 is 0. The van der Waals surface area contributed by atoms with Crippen LogP contribution in [0.1, 0.15) is 55.8 Å². The highest BCUT2D eigenvalue weighted by Crippen LogP contribution is 2.36. The molecule has 0 bridgehead atoms. The van der Waals surface area contributed by atoms with Crippen LogP contribution in [0.4, 0.5) is 0 Å². The lowest BCUT2D eigenvalue weighted by molar-refractivity contribution is -0.248. The predicted octanol–water partition coefficient (Wildman–Crippen LogP) is 3.27. The maximum Gasteiger partial charge on any atom is 0.308 e. The molecule has 0 saturated heterocycles. The summed E-state index contributed by atoms with van der Waals surface area (Å²) in [6.45, 7) is 1.98. The summed E-state index contributed by atoms with van der Waals surface area (Å²) in [5.41, 5.74) is 1.98. The fourth-order valence-corrected chi connectivity index (χ4v) is 2.88. The fraction of sp³-hybridized carbons (Fsp3) is 0.588. The van der Waals surface area contributed by atoms with Crippen molar-refractivity contribution in [2.45, 2.75) is 57.3 Å². The summed E-state index contributed by atoms with van der Waals surface area (Å²) < 4.78 is 10.7. The van der Waals surface area contributed by atoms with Gasteiger partial charge in [-0.2, -0.15) is 0 Å². The van der Waals surface area contributed by atoms with E-state index >= 15 is 0 Å². The first-order valence-corrected chi connectivity index (χ1v) is 7.56. The van der Waals surface area contributed by atoms with Gasteiger partial charge in [-0.25, -0.2) is 0 Å². The van der Waals surface area contributed by atoms with Crippen LogP contribution in [-0.2, 0) is 14.3 Å². The molecule has 4 heteroatoms. The van der Waals surface area contributed by atoms with E-state index in [0.29, 0.717) is 12.8 Å². The van der Waals surface area contributed by atoms with Crippen LogP contribution in [-0.4, -0.2) is 24.0 Å². The largest absolute Gasteiger partial charge is 0.469 e. The lowest BCUT2D eigenvalue weighted by atomic mass is 9.93. The molecule has 0 radical (unpaired) electrons. The van der Waals surface area contributed by atoms with E-state index in [1.54, 1.807) is 0 Å². The predicted molar refractivity (Wildman–Crippen MR) is 79.7 cm³/mol. The number of methoxy groups -OCH3 is 1. The number of aryl methyl sites for hydroxylation is 1. The van der Waals surface area contributed by atoms with Crippen molar-refractivity contribution in [1.29, 1.82) is 0 Å². The quantitative estimate of drug-likeness (QED) is 0.668. The van der Waals surface area contributed by atoms with Gasteiger partial charge in [0.15, 0.2) is 5.79 Å². The number of carbonyl (C=O) groups is 1. The van der Waals surface area contributed by atoms with Crippen molar-refractivity contribution in [3.8, 4) is 0 Å². The second-order valence-corrected chi connectivity index (χ2v) is 5.75. The van der Waals surface area contributed by atoms with Crippen LogP contribution >= 0.6 is 0 Å². The van der Waals surface area contributed by atoms with Gasteiger partial charge < -0.3 is 14.6 Å². The molecule has 4 nitrogen and oxygen atoms in total. The van der Waals surface area contributed by atoms with Crippen LogP contribution in [0.2, 0.25) is 0 Å². The molecule has 21 heavy (non-hydrogen) atoms. The number of hydrogen-bond acceptors (Lipinski definition) is 4. The van der Waals surface area contributed by atoms with Crippen molar-refractivity contribution >= 4 is 5.97 Å². The Morgan fingerprint density at radius 3 is 2.57 bits per heavy atom. The SMILES string of the molecule is COC(=O)CC(OC1(O)CCCCC1)c1ccccc1C. The van der Waals surface area contributed by atoms with Crippen molar-refractivity contribution in [2.75, 3.05) is 7.11 Å². The minimum absolute atomic E-state index is 0.115. The Morgan fingerprint density at radius 1 is 1.29 bits per heavy atom. The van der Waals surface area contributed by atoms with Gasteiger partial charge >= 0.3 is 5.97 Å². The van der Waals surface area contributed by atoms with Gasteiger partial charge in [-0.1, -0.05) is 30.7 Å². The molecule has 1 unspecified atom stereocenters. The summed E-state index contributed by atoms with van der Waals surface area (Å²) in [6.07, 6.45) is 3.92. The molecule has 1 saturated carbocycles. The van der Waals surface area contributed by atoms with Crippen molar-refractivity contribution in [2.24, 2.45) is 0 Å². The molecule has 0 heterocycles. The van der Waals surface area contributed by atoms with E-state index in [0.717, 1.165) is 30.4 Å². The first kappa shape index (κ1) is 16.0. The van der Waals surface area contributed by atoms with Crippen molar-refractivity contribution < 1.29 is 19.4 Å². The molecule has 1 atom stereocenters. The van der Waals surface area contributed by atoms with Gasteiger partial charge in [0.2, 0.25) is 0 Å². The molecular formula is C17H24O4. The standard InChI is InChI=1S/C17H24O4/c1-13-8-4-5-9-14(13)15(12-16(18)20-2)21-17(19)10-6-3-7-11-17/h4-5,8-9,15,19H,3,6-7,10-12H2,1-2H3. The van der Waals surface area contributed by atoms with E-state index in [-0.39, 0.29) is 12.4 Å². The monoisotopic (exact) mass is 292 g/mol. The zero-order chi connectivity index (χ0) is 15.3. The van der Waals surface area contributed by atoms with E-state index in [4.69, 9.17) is 9.47 Å². The first-order chi connectivity index (χ1) is 10.0. The van der Waals surface area contributed by atoms with Crippen molar-refractivity contribution in [1.82, 2.24) is 0 Å². The normalized spacial score (nSPS) is 19.0. The van der Waals surface area contributed by atoms with Crippen LogP contribution < -0.4 is 0 Å². The number of aliphatic hydroxyl groups is 1. The van der Waals surface area contributed by atoms with Crippen LogP contribution in [0.15, 0.2) is 24.3 Å². The zero-order valence-electron chi connectivity index (χ0n) is 12.8. The third-order valence-electron chi connectivity index (χ3n) is 4.11. The highest BCUT2D eigenvalue weighted by atomic mass is 16.6. The van der Waals surface area contributed by atoms with Gasteiger partial charge in [-0.15, -0.1) is 0 Å². The zero-order valence-corrected chi connectivity index (χ0v) is 12.8. The molecule has 116 valence electrons. The lowest BCUT2D eigenvalue weighted by Crippen LogP contribution is -2.36. The fourth-order valence-electron chi connectivity index (χ4n) is 2.88. The Hall–Kier alpha value is -1.39. The molecule has 1 fully saturated rings. The van der Waals surface area contributed by atoms with Crippen LogP contribution in [0.25, 0.3) is 0 Å². The van der Waals surface area contributed by atoms with Crippen LogP contribution in [0, 0.1) is 6.92 Å². The van der Waals surface area contributed by atoms with Crippen molar-refractivity contribution in [3.05, 3.63) is 35.4 Å². The summed E-state index contributed by atoms with van der Waals surface area (Å²) in [5, 5.41) is 10.6. The number of benzene rings is 1. The molecule has 0 aromatic heterocycles. The number of esters is 1. The van der Waals surface area contributed by atoms with Gasteiger partial charge in [-0.05, 0) is 30.9 Å². The molecular weight excluding hydrogens is 268 g/mol. The Bertz CT molecular complexity index is 477. The first-order valence-electron chi connectivity index (χ1n) is 7.56. The van der Waals surface area contributed by atoms with Gasteiger partial charge in [0.05, 0.1) is 19.6 Å². The van der Waals surface area contributed by atoms with Gasteiger partial charge in [0, 0.05) is 12.8 Å². The van der Waals surface area contributed by atoms with E-state index in [2.05, 4.69) is 0 Å². The maximum atomic E-state index is 11.7. The molecule has 1 N–H and O–H groups in total. The second-order valence-electron chi connectivity index (χ2n) is 5.75. The number of ether oxygens (including phenoxy) is 2. The summed E-state index contributed by atoms with van der Waals surface area (Å²) in [7, 11) is 1.37. The Labute approximate surface area is 126 Å². The average molecular weight is 292 g/mol. The molecule has 2 rings (SSSR count). The summed E-state index contributed by atoms with van der Waals surface area (Å²) in [5.74, 6) is -1.46. The van der Waals surface area contributed by atoms with Crippen molar-refractivity contribution in [3.63, 3.8) is 0 Å². The van der Waals surface area contributed by atoms with E-state index in [1.165, 1.54) is 7.11 Å². The molecule has 0 amide bonds. The highest BCUT2D eigenvalue weighted by molar-refractivity contribution is 5.70. The number of carbonyl (C=O) groups excluding carboxylic acids is 1. The Morgan fingerprint density at radius 2 is 1.95 bits per heavy atom. The molecule has 1 aliphatic carbocycles. The van der Waals surface area contributed by atoms with Gasteiger partial charge in [0.25, 0.3) is 0 Å². The Kier molecular flexibility index (Phi) is 5.37. The molecule has 1 aromatic carbocycles. The van der Waals surface area contributed by atoms with E-state index < -0.39 is 11.9 Å². The molecule has 1 aromatic rings. The number of hydrogen-bond donors (Lipinski definition) is 1. The van der Waals surface area contributed by atoms with E-state index in [9.17, 15) is 9.90 Å². The molecule has 0 spiro atoms. The summed E-state index contributed by atoms with van der Waals surface area (Å²) in [6, 6.07) is 7.78. The van der Waals surface area contributed by atoms with Crippen LogP contribution in [0.3, 0.4) is 0 Å². The molecule has 0 aliphatic heterocycles. The van der Waals surface area contributed by atoms with Gasteiger partial charge in [-0.3, -0.25) is 4.79 Å². The third-order valence-corrected chi connectivity index (χ3v) is 4.11. The minimum atomic E-state index is -1.13. The maximum absolute atomic E-state index is 11.7. The summed E-state index contributed by atoms with van der Waals surface area (Å²) in [4.78, 5) is 11.7. The van der Waals surface area contributed by atoms with Crippen LogP contribution in [0.5, 0.6) is 0 Å². The minimum Gasteiger partial charge on any atom is -0.469 e. The Balaban J connectivity index is 2.19. The third kappa shape index (κ3) is 4.29. The molecule has 1 aliphatic rings. The topological polar surface area (TPSA) is 55.8 Å². The van der Waals surface area contributed by atoms with Gasteiger partial charge in [0.1, 0.15) is 0 Å². The smallest absolute Gasteiger partial charge is 0.308 e. The second kappa shape index (κ2) is 7.05. The highest BCUT2D eigenvalue weighted by Gasteiger charge is 2.34. The lowest BCUT2D eigenvalue weighted by Gasteiger charge is -2.35.